The molecule has 0 aromatic heterocycles. The van der Waals surface area contributed by atoms with E-state index in [1.807, 2.05) is 6.92 Å². The molecule has 2 fully saturated rings. The summed E-state index contributed by atoms with van der Waals surface area (Å²) in [5, 5.41) is 0. The van der Waals surface area contributed by atoms with Gasteiger partial charge in [0.15, 0.2) is 23.3 Å². The summed E-state index contributed by atoms with van der Waals surface area (Å²) < 4.78 is 71.6. The highest BCUT2D eigenvalue weighted by molar-refractivity contribution is 5.66. The lowest BCUT2D eigenvalue weighted by Gasteiger charge is -2.29. The first kappa shape index (κ1) is 27.1. The van der Waals surface area contributed by atoms with Gasteiger partial charge in [0.05, 0.1) is 18.8 Å². The molecule has 1 saturated carbocycles. The van der Waals surface area contributed by atoms with Gasteiger partial charge in [-0.25, -0.2) is 17.6 Å². The van der Waals surface area contributed by atoms with Gasteiger partial charge in [-0.1, -0.05) is 37.6 Å². The number of ether oxygens (including phenoxy) is 2. The van der Waals surface area contributed by atoms with Crippen molar-refractivity contribution in [3.8, 4) is 11.1 Å². The van der Waals surface area contributed by atoms with Crippen LogP contribution < -0.4 is 0 Å². The maximum atomic E-state index is 15.1. The summed E-state index contributed by atoms with van der Waals surface area (Å²) in [6.45, 7) is 5.14. The summed E-state index contributed by atoms with van der Waals surface area (Å²) in [7, 11) is 0. The van der Waals surface area contributed by atoms with Gasteiger partial charge in [0.25, 0.3) is 0 Å². The Morgan fingerprint density at radius 3 is 2.11 bits per heavy atom. The molecule has 2 unspecified atom stereocenters. The van der Waals surface area contributed by atoms with E-state index in [1.54, 1.807) is 0 Å². The lowest BCUT2D eigenvalue weighted by molar-refractivity contribution is -0.00181. The minimum atomic E-state index is -1.14. The second kappa shape index (κ2) is 12.6. The van der Waals surface area contributed by atoms with Crippen LogP contribution in [0.1, 0.15) is 88.7 Å². The third-order valence-corrected chi connectivity index (χ3v) is 8.00. The highest BCUT2D eigenvalue weighted by Crippen LogP contribution is 2.37. The van der Waals surface area contributed by atoms with Crippen LogP contribution in [-0.4, -0.2) is 25.4 Å². The van der Waals surface area contributed by atoms with E-state index in [2.05, 4.69) is 6.92 Å². The Balaban J connectivity index is 1.43. The summed E-state index contributed by atoms with van der Waals surface area (Å²) in [6.07, 6.45) is 9.21. The molecule has 6 heteroatoms. The van der Waals surface area contributed by atoms with Crippen molar-refractivity contribution in [2.75, 3.05) is 13.2 Å². The van der Waals surface area contributed by atoms with Crippen LogP contribution in [0.4, 0.5) is 17.6 Å². The summed E-state index contributed by atoms with van der Waals surface area (Å²) in [5.41, 5.74) is 0.0118. The predicted molar refractivity (Wildman–Crippen MR) is 134 cm³/mol. The molecule has 1 aliphatic carbocycles. The molecule has 0 amide bonds. The van der Waals surface area contributed by atoms with E-state index in [-0.39, 0.29) is 34.3 Å². The normalized spacial score (nSPS) is 24.7. The first-order valence-electron chi connectivity index (χ1n) is 13.6. The van der Waals surface area contributed by atoms with Crippen molar-refractivity contribution in [2.24, 2.45) is 5.92 Å². The summed E-state index contributed by atoms with van der Waals surface area (Å²) in [4.78, 5) is 0. The van der Waals surface area contributed by atoms with Crippen molar-refractivity contribution in [3.05, 3.63) is 58.7 Å². The average molecular weight is 507 g/mol. The van der Waals surface area contributed by atoms with E-state index in [0.29, 0.717) is 38.1 Å². The molecular formula is C30H38F4O2. The predicted octanol–water partition coefficient (Wildman–Crippen LogP) is 8.50. The largest absolute Gasteiger partial charge is 0.379 e. The fourth-order valence-electron chi connectivity index (χ4n) is 5.86. The van der Waals surface area contributed by atoms with Crippen molar-refractivity contribution in [3.63, 3.8) is 0 Å². The molecule has 1 heterocycles. The molecule has 2 nitrogen and oxygen atoms in total. The van der Waals surface area contributed by atoms with Crippen LogP contribution in [0.15, 0.2) is 24.3 Å². The Morgan fingerprint density at radius 2 is 1.47 bits per heavy atom. The van der Waals surface area contributed by atoms with Gasteiger partial charge in [-0.15, -0.1) is 0 Å². The molecule has 0 N–H and O–H groups in total. The van der Waals surface area contributed by atoms with E-state index in [9.17, 15) is 4.39 Å². The number of benzene rings is 2. The van der Waals surface area contributed by atoms with Crippen molar-refractivity contribution < 1.29 is 27.0 Å². The smallest absolute Gasteiger partial charge is 0.167 e. The van der Waals surface area contributed by atoms with E-state index in [0.717, 1.165) is 51.4 Å². The first-order valence-corrected chi connectivity index (χ1v) is 13.6. The highest BCUT2D eigenvalue weighted by atomic mass is 19.2. The summed E-state index contributed by atoms with van der Waals surface area (Å²) in [6, 6.07) is 5.73. The van der Waals surface area contributed by atoms with Gasteiger partial charge < -0.3 is 9.47 Å². The Bertz CT molecular complexity index is 1010. The molecule has 2 atom stereocenters. The maximum absolute atomic E-state index is 15.1. The molecular weight excluding hydrogens is 468 g/mol. The number of aryl methyl sites for hydroxylation is 1. The van der Waals surface area contributed by atoms with Crippen LogP contribution in [0.25, 0.3) is 11.1 Å². The zero-order valence-electron chi connectivity index (χ0n) is 21.4. The third kappa shape index (κ3) is 6.13. The zero-order valence-corrected chi connectivity index (χ0v) is 21.4. The van der Waals surface area contributed by atoms with Gasteiger partial charge in [0, 0.05) is 23.7 Å². The minimum Gasteiger partial charge on any atom is -0.379 e. The summed E-state index contributed by atoms with van der Waals surface area (Å²) >= 11 is 0. The van der Waals surface area contributed by atoms with Gasteiger partial charge in [-0.3, -0.25) is 0 Å². The SMILES string of the molecule is CCCC1CCC(c2ccc(-c3ccc(CCC4CCC(OCC)CC4)c(F)c3F)c(F)c2F)CO1. The monoisotopic (exact) mass is 506 g/mol. The van der Waals surface area contributed by atoms with Crippen molar-refractivity contribution in [2.45, 2.75) is 96.2 Å². The molecule has 2 aromatic rings. The summed E-state index contributed by atoms with van der Waals surface area (Å²) in [5.74, 6) is -4.01. The third-order valence-electron chi connectivity index (χ3n) is 8.00. The standard InChI is InChI=1S/C30H38F4O2/c1-3-5-22-14-10-21(18-36-22)24-16-17-26(30(34)28(24)32)25-15-11-20(27(31)29(25)33)9-6-19-7-12-23(13-8-19)35-4-2/h11,15-17,19,21-23H,3-10,12-14,18H2,1-2H3. The van der Waals surface area contributed by atoms with E-state index < -0.39 is 23.3 Å². The second-order valence-electron chi connectivity index (χ2n) is 10.4. The molecule has 0 radical (unpaired) electrons. The Hall–Kier alpha value is -1.92. The molecule has 4 rings (SSSR count). The van der Waals surface area contributed by atoms with Gasteiger partial charge >= 0.3 is 0 Å². The number of hydrogen-bond acceptors (Lipinski definition) is 2. The fraction of sp³-hybridized carbons (Fsp3) is 0.600. The quantitative estimate of drug-likeness (QED) is 0.318. The van der Waals surface area contributed by atoms with Gasteiger partial charge in [-0.2, -0.15) is 0 Å². The van der Waals surface area contributed by atoms with E-state index >= 15 is 13.2 Å². The minimum absolute atomic E-state index is 0.166. The second-order valence-corrected chi connectivity index (χ2v) is 10.4. The zero-order chi connectivity index (χ0) is 25.7. The van der Waals surface area contributed by atoms with Crippen LogP contribution >= 0.6 is 0 Å². The van der Waals surface area contributed by atoms with Crippen molar-refractivity contribution in [1.29, 1.82) is 0 Å². The van der Waals surface area contributed by atoms with Crippen molar-refractivity contribution in [1.82, 2.24) is 0 Å². The van der Waals surface area contributed by atoms with Gasteiger partial charge in [0.1, 0.15) is 0 Å². The fourth-order valence-corrected chi connectivity index (χ4v) is 5.86. The molecule has 36 heavy (non-hydrogen) atoms. The molecule has 1 saturated heterocycles. The van der Waals surface area contributed by atoms with Crippen LogP contribution in [0, 0.1) is 29.2 Å². The molecule has 198 valence electrons. The maximum Gasteiger partial charge on any atom is 0.167 e. The van der Waals surface area contributed by atoms with E-state index in [1.165, 1.54) is 24.3 Å². The average Bonchev–Trinajstić information content (AvgIpc) is 2.89. The Kier molecular flexibility index (Phi) is 9.46. The van der Waals surface area contributed by atoms with Crippen LogP contribution in [0.5, 0.6) is 0 Å². The van der Waals surface area contributed by atoms with E-state index in [4.69, 9.17) is 9.47 Å². The lowest BCUT2D eigenvalue weighted by atomic mass is 9.83. The first-order chi connectivity index (χ1) is 17.4. The molecule has 0 spiro atoms. The van der Waals surface area contributed by atoms with Gasteiger partial charge in [0.2, 0.25) is 0 Å². The molecule has 1 aliphatic heterocycles. The highest BCUT2D eigenvalue weighted by Gasteiger charge is 2.28. The molecule has 2 aliphatic rings. The Morgan fingerprint density at radius 1 is 0.778 bits per heavy atom. The Labute approximate surface area is 212 Å². The van der Waals surface area contributed by atoms with Crippen LogP contribution in [-0.2, 0) is 15.9 Å². The van der Waals surface area contributed by atoms with Crippen LogP contribution in [0.2, 0.25) is 0 Å². The topological polar surface area (TPSA) is 18.5 Å². The lowest BCUT2D eigenvalue weighted by Crippen LogP contribution is -2.25. The number of rotatable bonds is 9. The van der Waals surface area contributed by atoms with Gasteiger partial charge in [-0.05, 0) is 81.8 Å². The number of halogens is 4. The van der Waals surface area contributed by atoms with Crippen molar-refractivity contribution >= 4 is 0 Å². The van der Waals surface area contributed by atoms with Crippen LogP contribution in [0.3, 0.4) is 0 Å². The molecule has 0 bridgehead atoms. The molecule has 2 aromatic carbocycles. The number of hydrogen-bond donors (Lipinski definition) is 0.